The van der Waals surface area contributed by atoms with E-state index in [-0.39, 0.29) is 11.4 Å². The molecule has 0 unspecified atom stereocenters. The third-order valence-corrected chi connectivity index (χ3v) is 5.71. The Bertz CT molecular complexity index is 877. The van der Waals surface area contributed by atoms with E-state index in [0.29, 0.717) is 13.0 Å². The Morgan fingerprint density at radius 3 is 2.63 bits per heavy atom. The van der Waals surface area contributed by atoms with Crippen molar-refractivity contribution in [2.75, 3.05) is 6.54 Å². The quantitative estimate of drug-likeness (QED) is 0.653. The van der Waals surface area contributed by atoms with E-state index in [4.69, 9.17) is 0 Å². The summed E-state index contributed by atoms with van der Waals surface area (Å²) < 4.78 is 4.26. The molecule has 4 rings (SSSR count). The molecule has 1 aliphatic carbocycles. The average molecular weight is 365 g/mol. The third kappa shape index (κ3) is 3.89. The predicted molar refractivity (Wildman–Crippen MR) is 104 cm³/mol. The largest absolute Gasteiger partial charge is 0.356 e. The zero-order valence-electron chi connectivity index (χ0n) is 15.7. The molecule has 1 saturated carbocycles. The van der Waals surface area contributed by atoms with Gasteiger partial charge in [-0.15, -0.1) is 10.2 Å². The van der Waals surface area contributed by atoms with Crippen molar-refractivity contribution in [2.24, 2.45) is 0 Å². The molecule has 3 heterocycles. The second kappa shape index (κ2) is 7.94. The zero-order valence-corrected chi connectivity index (χ0v) is 15.7. The summed E-state index contributed by atoms with van der Waals surface area (Å²) in [4.78, 5) is 12.6. The van der Waals surface area contributed by atoms with Gasteiger partial charge >= 0.3 is 0 Å². The molecule has 6 nitrogen and oxygen atoms in total. The van der Waals surface area contributed by atoms with Crippen LogP contribution in [-0.4, -0.2) is 31.6 Å². The molecule has 0 atom stereocenters. The van der Waals surface area contributed by atoms with Gasteiger partial charge in [0, 0.05) is 31.6 Å². The predicted octanol–water partition coefficient (Wildman–Crippen LogP) is 3.33. The molecule has 3 aromatic heterocycles. The highest BCUT2D eigenvalue weighted by Crippen LogP contribution is 2.37. The highest BCUT2D eigenvalue weighted by atomic mass is 16.1. The second-order valence-electron chi connectivity index (χ2n) is 7.55. The number of carbonyl (C=O) groups excluding carboxylic acids is 1. The number of hydrogen-bond donors (Lipinski definition) is 1. The summed E-state index contributed by atoms with van der Waals surface area (Å²) in [5.74, 6) is 1.09. The molecule has 0 aromatic carbocycles. The first-order valence-electron chi connectivity index (χ1n) is 9.96. The van der Waals surface area contributed by atoms with Crippen LogP contribution in [0.1, 0.15) is 50.8 Å². The molecule has 1 amide bonds. The van der Waals surface area contributed by atoms with Gasteiger partial charge in [-0.05, 0) is 43.5 Å². The lowest BCUT2D eigenvalue weighted by atomic mass is 9.78. The Hall–Kier alpha value is -2.63. The van der Waals surface area contributed by atoms with Crippen molar-refractivity contribution in [3.63, 3.8) is 0 Å². The van der Waals surface area contributed by atoms with Crippen molar-refractivity contribution in [2.45, 2.75) is 56.9 Å². The number of nitrogens with zero attached hydrogens (tertiary/aromatic N) is 4. The Morgan fingerprint density at radius 2 is 1.81 bits per heavy atom. The van der Waals surface area contributed by atoms with Crippen LogP contribution in [0.3, 0.4) is 0 Å². The van der Waals surface area contributed by atoms with Gasteiger partial charge in [-0.3, -0.25) is 9.20 Å². The number of hydrogen-bond acceptors (Lipinski definition) is 3. The molecule has 0 aliphatic heterocycles. The fraction of sp³-hybridized carbons (Fsp3) is 0.476. The smallest absolute Gasteiger partial charge is 0.222 e. The lowest BCUT2D eigenvalue weighted by Crippen LogP contribution is -2.40. The molecule has 0 radical (unpaired) electrons. The van der Waals surface area contributed by atoms with E-state index >= 15 is 0 Å². The Labute approximate surface area is 159 Å². The van der Waals surface area contributed by atoms with E-state index in [1.807, 2.05) is 28.8 Å². The van der Waals surface area contributed by atoms with Crippen LogP contribution in [0, 0.1) is 0 Å². The summed E-state index contributed by atoms with van der Waals surface area (Å²) in [6, 6.07) is 9.99. The lowest BCUT2D eigenvalue weighted by molar-refractivity contribution is -0.123. The first-order valence-corrected chi connectivity index (χ1v) is 9.96. The standard InChI is InChI=1S/C21H27N5O/c27-20(17-21(11-3-1-4-12-21)25-14-6-7-15-25)22-13-8-10-19-24-23-18-9-2-5-16-26(18)19/h2,5-7,9,14-16H,1,3-4,8,10-13,17H2,(H,22,27). The molecule has 0 spiro atoms. The van der Waals surface area contributed by atoms with Gasteiger partial charge in [0.15, 0.2) is 5.65 Å². The summed E-state index contributed by atoms with van der Waals surface area (Å²) in [6.07, 6.45) is 14.3. The molecule has 1 N–H and O–H groups in total. The molecule has 0 bridgehead atoms. The molecule has 0 saturated heterocycles. The first kappa shape index (κ1) is 17.8. The number of aromatic nitrogens is 4. The van der Waals surface area contributed by atoms with E-state index in [1.165, 1.54) is 19.3 Å². The summed E-state index contributed by atoms with van der Waals surface area (Å²) >= 11 is 0. The van der Waals surface area contributed by atoms with E-state index < -0.39 is 0 Å². The molecule has 3 aromatic rings. The highest BCUT2D eigenvalue weighted by molar-refractivity contribution is 5.77. The van der Waals surface area contributed by atoms with E-state index in [0.717, 1.165) is 37.2 Å². The van der Waals surface area contributed by atoms with Crippen LogP contribution in [0.5, 0.6) is 0 Å². The summed E-state index contributed by atoms with van der Waals surface area (Å²) in [5.41, 5.74) is 0.817. The van der Waals surface area contributed by atoms with Crippen LogP contribution in [0.4, 0.5) is 0 Å². The van der Waals surface area contributed by atoms with Crippen LogP contribution in [0.15, 0.2) is 48.9 Å². The molecule has 27 heavy (non-hydrogen) atoms. The van der Waals surface area contributed by atoms with Gasteiger partial charge in [-0.25, -0.2) is 0 Å². The Balaban J connectivity index is 1.30. The van der Waals surface area contributed by atoms with Crippen molar-refractivity contribution in [1.29, 1.82) is 0 Å². The molecular weight excluding hydrogens is 338 g/mol. The van der Waals surface area contributed by atoms with Crippen molar-refractivity contribution < 1.29 is 4.79 Å². The maximum atomic E-state index is 12.6. The van der Waals surface area contributed by atoms with Crippen LogP contribution < -0.4 is 5.32 Å². The number of fused-ring (bicyclic) bond motifs is 1. The molecule has 1 aliphatic rings. The number of amides is 1. The molecule has 142 valence electrons. The van der Waals surface area contributed by atoms with Crippen molar-refractivity contribution >= 4 is 11.6 Å². The van der Waals surface area contributed by atoms with Gasteiger partial charge in [0.05, 0.1) is 12.0 Å². The van der Waals surface area contributed by atoms with Gasteiger partial charge in [0.1, 0.15) is 5.82 Å². The summed E-state index contributed by atoms with van der Waals surface area (Å²) in [5, 5.41) is 11.5. The van der Waals surface area contributed by atoms with Crippen LogP contribution in [0.2, 0.25) is 0 Å². The monoisotopic (exact) mass is 365 g/mol. The Morgan fingerprint density at radius 1 is 1.04 bits per heavy atom. The lowest BCUT2D eigenvalue weighted by Gasteiger charge is -2.38. The van der Waals surface area contributed by atoms with Gasteiger partial charge in [-0.2, -0.15) is 0 Å². The van der Waals surface area contributed by atoms with Crippen molar-refractivity contribution in [3.8, 4) is 0 Å². The van der Waals surface area contributed by atoms with Gasteiger partial charge in [0.25, 0.3) is 0 Å². The molecule has 1 fully saturated rings. The summed E-state index contributed by atoms with van der Waals surface area (Å²) in [6.45, 7) is 0.669. The third-order valence-electron chi connectivity index (χ3n) is 5.71. The SMILES string of the molecule is O=C(CC1(n2cccc2)CCCCC1)NCCCc1nnc2ccccn12. The van der Waals surface area contributed by atoms with Crippen molar-refractivity contribution in [1.82, 2.24) is 24.5 Å². The second-order valence-corrected chi connectivity index (χ2v) is 7.55. The van der Waals surface area contributed by atoms with E-state index in [2.05, 4.69) is 44.6 Å². The zero-order chi connectivity index (χ0) is 18.5. The number of aryl methyl sites for hydroxylation is 1. The van der Waals surface area contributed by atoms with Gasteiger partial charge in [-0.1, -0.05) is 25.3 Å². The van der Waals surface area contributed by atoms with Crippen LogP contribution >= 0.6 is 0 Å². The number of rotatable bonds is 7. The number of pyridine rings is 1. The first-order chi connectivity index (χ1) is 13.3. The van der Waals surface area contributed by atoms with E-state index in [1.54, 1.807) is 0 Å². The molecular formula is C21H27N5O. The highest BCUT2D eigenvalue weighted by Gasteiger charge is 2.35. The topological polar surface area (TPSA) is 64.2 Å². The normalized spacial score (nSPS) is 16.4. The minimum Gasteiger partial charge on any atom is -0.356 e. The minimum atomic E-state index is -0.0466. The van der Waals surface area contributed by atoms with Crippen molar-refractivity contribution in [3.05, 3.63) is 54.7 Å². The minimum absolute atomic E-state index is 0.0466. The van der Waals surface area contributed by atoms with Crippen LogP contribution in [-0.2, 0) is 16.8 Å². The fourth-order valence-corrected chi connectivity index (χ4v) is 4.28. The maximum Gasteiger partial charge on any atom is 0.222 e. The average Bonchev–Trinajstić information content (AvgIpc) is 3.37. The summed E-state index contributed by atoms with van der Waals surface area (Å²) in [7, 11) is 0. The van der Waals surface area contributed by atoms with Gasteiger partial charge < -0.3 is 9.88 Å². The molecule has 6 heteroatoms. The number of carbonyl (C=O) groups is 1. The van der Waals surface area contributed by atoms with E-state index in [9.17, 15) is 4.79 Å². The number of nitrogens with one attached hydrogen (secondary N) is 1. The van der Waals surface area contributed by atoms with Gasteiger partial charge in [0.2, 0.25) is 5.91 Å². The fourth-order valence-electron chi connectivity index (χ4n) is 4.28. The maximum absolute atomic E-state index is 12.6. The van der Waals surface area contributed by atoms with Crippen LogP contribution in [0.25, 0.3) is 5.65 Å². The Kier molecular flexibility index (Phi) is 5.23.